The zero-order valence-corrected chi connectivity index (χ0v) is 25.7. The van der Waals surface area contributed by atoms with Crippen LogP contribution in [0.15, 0.2) is 140 Å². The Labute approximate surface area is 276 Å². The van der Waals surface area contributed by atoms with Gasteiger partial charge in [0.15, 0.2) is 0 Å². The number of ether oxygens (including phenoxy) is 2. The summed E-state index contributed by atoms with van der Waals surface area (Å²) in [6.07, 6.45) is 1.73. The molecule has 7 rings (SSSR count). The van der Waals surface area contributed by atoms with Crippen LogP contribution in [0.5, 0.6) is 11.5 Å². The van der Waals surface area contributed by atoms with Crippen molar-refractivity contribution in [3.8, 4) is 11.5 Å². The van der Waals surface area contributed by atoms with Crippen LogP contribution in [0.3, 0.4) is 0 Å². The highest BCUT2D eigenvalue weighted by atomic mass is 16.5. The Morgan fingerprint density at radius 3 is 1.54 bits per heavy atom. The first-order chi connectivity index (χ1) is 23.6. The molecule has 2 amide bonds. The number of carbonyl (C=O) groups is 2. The zero-order valence-electron chi connectivity index (χ0n) is 25.7. The van der Waals surface area contributed by atoms with Crippen molar-refractivity contribution in [1.82, 2.24) is 15.0 Å². The van der Waals surface area contributed by atoms with E-state index >= 15 is 0 Å². The predicted octanol–water partition coefficient (Wildman–Crippen LogP) is 7.84. The predicted molar refractivity (Wildman–Crippen MR) is 185 cm³/mol. The molecule has 48 heavy (non-hydrogen) atoms. The Balaban J connectivity index is 1.18. The number of pyridine rings is 1. The van der Waals surface area contributed by atoms with Gasteiger partial charge in [-0.2, -0.15) is 0 Å². The molecular formula is C39H29N5O4. The monoisotopic (exact) mass is 631 g/mol. The summed E-state index contributed by atoms with van der Waals surface area (Å²) < 4.78 is 12.5. The summed E-state index contributed by atoms with van der Waals surface area (Å²) in [6.45, 7) is 0.0200. The molecule has 2 heterocycles. The molecule has 0 bridgehead atoms. The van der Waals surface area contributed by atoms with Crippen molar-refractivity contribution in [3.63, 3.8) is 0 Å². The maximum absolute atomic E-state index is 13.2. The number of aromatic nitrogens is 3. The van der Waals surface area contributed by atoms with E-state index in [1.165, 1.54) is 0 Å². The van der Waals surface area contributed by atoms with Crippen molar-refractivity contribution in [1.29, 1.82) is 0 Å². The number of nitrogens with zero attached hydrogens (tertiary/aromatic N) is 3. The molecule has 0 spiro atoms. The lowest BCUT2D eigenvalue weighted by molar-refractivity contribution is 0.101. The van der Waals surface area contributed by atoms with Gasteiger partial charge in [-0.3, -0.25) is 14.6 Å². The van der Waals surface area contributed by atoms with Gasteiger partial charge in [-0.15, -0.1) is 0 Å². The lowest BCUT2D eigenvalue weighted by Gasteiger charge is -2.15. The van der Waals surface area contributed by atoms with Crippen molar-refractivity contribution >= 4 is 45.1 Å². The molecule has 0 fully saturated rings. The number of benzene rings is 5. The van der Waals surface area contributed by atoms with Crippen LogP contribution in [0.4, 0.5) is 11.4 Å². The molecule has 0 atom stereocenters. The molecule has 0 radical (unpaired) electrons. The summed E-state index contributed by atoms with van der Waals surface area (Å²) in [6, 6.07) is 40.2. The molecule has 9 nitrogen and oxygen atoms in total. The number of rotatable bonds is 10. The van der Waals surface area contributed by atoms with Crippen LogP contribution >= 0.6 is 0 Å². The van der Waals surface area contributed by atoms with Gasteiger partial charge in [-0.25, -0.2) is 9.97 Å². The maximum atomic E-state index is 13.2. The third-order valence-electron chi connectivity index (χ3n) is 7.60. The molecule has 2 aromatic heterocycles. The first-order valence-electron chi connectivity index (χ1n) is 15.3. The van der Waals surface area contributed by atoms with Crippen LogP contribution in [0, 0.1) is 0 Å². The minimum absolute atomic E-state index is 0.00760. The number of hydrogen-bond donors (Lipinski definition) is 2. The van der Waals surface area contributed by atoms with Gasteiger partial charge in [-0.05, 0) is 66.7 Å². The fraction of sp³-hybridized carbons (Fsp3) is 0.0513. The Hall–Kier alpha value is -6.61. The second kappa shape index (κ2) is 13.8. The molecule has 0 saturated carbocycles. The second-order valence-electron chi connectivity index (χ2n) is 10.9. The molecular weight excluding hydrogens is 602 g/mol. The van der Waals surface area contributed by atoms with Crippen LogP contribution in [0.2, 0.25) is 0 Å². The molecule has 2 N–H and O–H groups in total. The highest BCUT2D eigenvalue weighted by molar-refractivity contribution is 6.06. The molecule has 5 aromatic carbocycles. The fourth-order valence-corrected chi connectivity index (χ4v) is 5.22. The minimum Gasteiger partial charge on any atom is -0.486 e. The standard InChI is InChI=1S/C39H29N5O4/c45-38(41-27-13-3-1-4-14-27)29-17-7-9-19-36(29)47-24-34-35(44-33-23-31-26(12-11-21-40-31)22-32(33)43-34)25-48-37-20-10-8-18-30(37)39(46)42-28-15-5-2-6-16-28/h1-23H,24-25H2,(H,41,45)(H,42,46). The van der Waals surface area contributed by atoms with E-state index in [9.17, 15) is 9.59 Å². The van der Waals surface area contributed by atoms with E-state index < -0.39 is 0 Å². The van der Waals surface area contributed by atoms with E-state index in [1.807, 2.05) is 84.9 Å². The zero-order chi connectivity index (χ0) is 32.7. The molecule has 9 heteroatoms. The van der Waals surface area contributed by atoms with Crippen molar-refractivity contribution < 1.29 is 19.1 Å². The van der Waals surface area contributed by atoms with E-state index in [2.05, 4.69) is 15.6 Å². The fourth-order valence-electron chi connectivity index (χ4n) is 5.22. The van der Waals surface area contributed by atoms with Gasteiger partial charge in [0, 0.05) is 23.0 Å². The average Bonchev–Trinajstić information content (AvgIpc) is 3.13. The number of amides is 2. The van der Waals surface area contributed by atoms with Gasteiger partial charge in [0.05, 0.1) is 27.7 Å². The molecule has 0 saturated heterocycles. The van der Waals surface area contributed by atoms with E-state index in [1.54, 1.807) is 54.7 Å². The minimum atomic E-state index is -0.298. The summed E-state index contributed by atoms with van der Waals surface area (Å²) in [5.74, 6) is 0.190. The second-order valence-corrected chi connectivity index (χ2v) is 10.9. The van der Waals surface area contributed by atoms with E-state index in [0.717, 1.165) is 10.9 Å². The summed E-state index contributed by atoms with van der Waals surface area (Å²) in [7, 11) is 0. The first kappa shape index (κ1) is 30.1. The van der Waals surface area contributed by atoms with Crippen LogP contribution in [-0.4, -0.2) is 26.8 Å². The lowest BCUT2D eigenvalue weighted by Crippen LogP contribution is -2.15. The molecule has 0 aliphatic rings. The highest BCUT2D eigenvalue weighted by Gasteiger charge is 2.18. The van der Waals surface area contributed by atoms with Crippen LogP contribution in [0.25, 0.3) is 21.9 Å². The Morgan fingerprint density at radius 2 is 1.00 bits per heavy atom. The third-order valence-corrected chi connectivity index (χ3v) is 7.60. The van der Waals surface area contributed by atoms with Gasteiger partial charge in [0.2, 0.25) is 0 Å². The third kappa shape index (κ3) is 6.80. The molecule has 234 valence electrons. The van der Waals surface area contributed by atoms with Crippen molar-refractivity contribution in [2.75, 3.05) is 10.6 Å². The molecule has 0 aliphatic carbocycles. The molecule has 7 aromatic rings. The van der Waals surface area contributed by atoms with Crippen LogP contribution < -0.4 is 20.1 Å². The van der Waals surface area contributed by atoms with Crippen LogP contribution in [-0.2, 0) is 13.2 Å². The first-order valence-corrected chi connectivity index (χ1v) is 15.3. The average molecular weight is 632 g/mol. The number of anilines is 2. The topological polar surface area (TPSA) is 115 Å². The van der Waals surface area contributed by atoms with E-state index in [0.29, 0.717) is 56.4 Å². The summed E-state index contributed by atoms with van der Waals surface area (Å²) in [5.41, 5.74) is 5.24. The highest BCUT2D eigenvalue weighted by Crippen LogP contribution is 2.26. The van der Waals surface area contributed by atoms with Gasteiger partial charge in [0.1, 0.15) is 36.1 Å². The number of carbonyl (C=O) groups excluding carboxylic acids is 2. The normalized spacial score (nSPS) is 10.8. The summed E-state index contributed by atoms with van der Waals surface area (Å²) in [4.78, 5) is 40.7. The van der Waals surface area contributed by atoms with Crippen LogP contribution in [0.1, 0.15) is 32.1 Å². The quantitative estimate of drug-likeness (QED) is 0.148. The number of hydrogen-bond acceptors (Lipinski definition) is 7. The lowest BCUT2D eigenvalue weighted by atomic mass is 10.1. The van der Waals surface area contributed by atoms with Crippen molar-refractivity contribution in [2.24, 2.45) is 0 Å². The SMILES string of the molecule is O=C(Nc1ccccc1)c1ccccc1OCc1nc2cc3cccnc3cc2nc1COc1ccccc1C(=O)Nc1ccccc1. The smallest absolute Gasteiger partial charge is 0.259 e. The molecule has 0 aliphatic heterocycles. The Bertz CT molecular complexity index is 2080. The van der Waals surface area contributed by atoms with Crippen molar-refractivity contribution in [2.45, 2.75) is 13.2 Å². The van der Waals surface area contributed by atoms with E-state index in [-0.39, 0.29) is 25.0 Å². The largest absolute Gasteiger partial charge is 0.486 e. The van der Waals surface area contributed by atoms with Gasteiger partial charge < -0.3 is 20.1 Å². The number of fused-ring (bicyclic) bond motifs is 2. The summed E-state index contributed by atoms with van der Waals surface area (Å²) in [5, 5.41) is 6.75. The van der Waals surface area contributed by atoms with Crippen molar-refractivity contribution in [3.05, 3.63) is 162 Å². The van der Waals surface area contributed by atoms with Gasteiger partial charge in [-0.1, -0.05) is 66.7 Å². The number of nitrogens with one attached hydrogen (secondary N) is 2. The maximum Gasteiger partial charge on any atom is 0.259 e. The summed E-state index contributed by atoms with van der Waals surface area (Å²) >= 11 is 0. The van der Waals surface area contributed by atoms with Gasteiger partial charge >= 0.3 is 0 Å². The Morgan fingerprint density at radius 1 is 0.521 bits per heavy atom. The number of para-hydroxylation sites is 4. The Kier molecular flexibility index (Phi) is 8.64. The van der Waals surface area contributed by atoms with Gasteiger partial charge in [0.25, 0.3) is 11.8 Å². The molecule has 0 unspecified atom stereocenters. The van der Waals surface area contributed by atoms with E-state index in [4.69, 9.17) is 19.4 Å².